The van der Waals surface area contributed by atoms with Crippen LogP contribution < -0.4 is 10.3 Å². The number of rotatable bonds is 4. The molecule has 4 rings (SSSR count). The molecule has 0 radical (unpaired) electrons. The van der Waals surface area contributed by atoms with Gasteiger partial charge in [-0.1, -0.05) is 54.6 Å². The number of hydrazone groups is 1. The van der Waals surface area contributed by atoms with Gasteiger partial charge in [0.05, 0.1) is 11.4 Å². The number of para-hydroxylation sites is 2. The van der Waals surface area contributed by atoms with Gasteiger partial charge in [-0.3, -0.25) is 4.79 Å². The van der Waals surface area contributed by atoms with E-state index in [2.05, 4.69) is 20.6 Å². The van der Waals surface area contributed by atoms with Crippen molar-refractivity contribution < 1.29 is 4.79 Å². The van der Waals surface area contributed by atoms with E-state index in [1.165, 1.54) is 5.01 Å². The Morgan fingerprint density at radius 3 is 2.07 bits per heavy atom. The Morgan fingerprint density at radius 2 is 1.41 bits per heavy atom. The molecule has 6 heteroatoms. The van der Waals surface area contributed by atoms with Crippen LogP contribution in [0.15, 0.2) is 106 Å². The molecule has 1 heterocycles. The zero-order chi connectivity index (χ0) is 18.5. The lowest BCUT2D eigenvalue weighted by molar-refractivity contribution is -0.117. The Bertz CT molecular complexity index is 971. The minimum absolute atomic E-state index is 0.251. The van der Waals surface area contributed by atoms with E-state index < -0.39 is 6.04 Å². The van der Waals surface area contributed by atoms with Crippen molar-refractivity contribution >= 4 is 28.8 Å². The second kappa shape index (κ2) is 7.61. The summed E-state index contributed by atoms with van der Waals surface area (Å²) in [5.41, 5.74) is 2.20. The first-order chi connectivity index (χ1) is 13.3. The highest BCUT2D eigenvalue weighted by molar-refractivity contribution is 6.22. The van der Waals surface area contributed by atoms with E-state index in [9.17, 15) is 4.79 Å². The molecule has 6 nitrogen and oxygen atoms in total. The molecule has 132 valence electrons. The summed E-state index contributed by atoms with van der Waals surface area (Å²) in [5.74, 6) is 0.189. The third-order valence-electron chi connectivity index (χ3n) is 4.00. The van der Waals surface area contributed by atoms with E-state index in [1.54, 1.807) is 0 Å². The SMILES string of the molecule is O=C1C(/N=N/c2ccccc2)C(Nc2ccccc2)=NN1c1ccccc1. The fraction of sp³-hybridized carbons (Fsp3) is 0.0476. The zero-order valence-electron chi connectivity index (χ0n) is 14.4. The highest BCUT2D eigenvalue weighted by Crippen LogP contribution is 2.24. The predicted octanol–water partition coefficient (Wildman–Crippen LogP) is 4.61. The normalized spacial score (nSPS) is 16.6. The summed E-state index contributed by atoms with van der Waals surface area (Å²) in [6, 6.07) is 27.3. The van der Waals surface area contributed by atoms with Gasteiger partial charge in [-0.15, -0.1) is 5.10 Å². The Kier molecular flexibility index (Phi) is 4.70. The second-order valence-electron chi connectivity index (χ2n) is 5.92. The fourth-order valence-electron chi connectivity index (χ4n) is 2.68. The van der Waals surface area contributed by atoms with Crippen LogP contribution in [0.1, 0.15) is 0 Å². The van der Waals surface area contributed by atoms with Gasteiger partial charge in [0, 0.05) is 5.69 Å². The molecule has 27 heavy (non-hydrogen) atoms. The van der Waals surface area contributed by atoms with Gasteiger partial charge in [0.2, 0.25) is 6.04 Å². The van der Waals surface area contributed by atoms with Crippen LogP contribution in [-0.4, -0.2) is 17.8 Å². The molecule has 3 aromatic rings. The average molecular weight is 355 g/mol. The number of anilines is 2. The van der Waals surface area contributed by atoms with Crippen LogP contribution in [-0.2, 0) is 4.79 Å². The molecule has 1 N–H and O–H groups in total. The third-order valence-corrected chi connectivity index (χ3v) is 4.00. The molecule has 1 amide bonds. The first kappa shape index (κ1) is 16.7. The van der Waals surface area contributed by atoms with Crippen LogP contribution in [0, 0.1) is 0 Å². The van der Waals surface area contributed by atoms with E-state index in [0.29, 0.717) is 17.2 Å². The molecule has 0 spiro atoms. The van der Waals surface area contributed by atoms with Crippen molar-refractivity contribution in [3.05, 3.63) is 91.0 Å². The summed E-state index contributed by atoms with van der Waals surface area (Å²) in [7, 11) is 0. The summed E-state index contributed by atoms with van der Waals surface area (Å²) in [4.78, 5) is 12.9. The van der Waals surface area contributed by atoms with E-state index >= 15 is 0 Å². The zero-order valence-corrected chi connectivity index (χ0v) is 14.4. The standard InChI is InChI=1S/C21H17N5O/c27-21-19(24-23-17-12-6-2-7-13-17)20(22-16-10-4-1-5-11-16)25-26(21)18-14-8-3-9-15-18/h1-15,19H,(H,22,25)/b24-23+. The number of hydrogen-bond donors (Lipinski definition) is 1. The van der Waals surface area contributed by atoms with Gasteiger partial charge in [0.25, 0.3) is 5.91 Å². The number of nitrogens with zero attached hydrogens (tertiary/aromatic N) is 4. The molecule has 0 fully saturated rings. The monoisotopic (exact) mass is 355 g/mol. The number of carbonyl (C=O) groups is 1. The van der Waals surface area contributed by atoms with Crippen molar-refractivity contribution in [2.75, 3.05) is 10.3 Å². The minimum atomic E-state index is -0.828. The summed E-state index contributed by atoms with van der Waals surface area (Å²) in [5, 5.41) is 17.5. The summed E-state index contributed by atoms with van der Waals surface area (Å²) >= 11 is 0. The molecule has 0 saturated carbocycles. The van der Waals surface area contributed by atoms with Gasteiger partial charge in [-0.05, 0) is 36.4 Å². The van der Waals surface area contributed by atoms with Crippen molar-refractivity contribution in [3.8, 4) is 0 Å². The maximum Gasteiger partial charge on any atom is 0.282 e. The van der Waals surface area contributed by atoms with E-state index in [0.717, 1.165) is 5.69 Å². The third kappa shape index (κ3) is 3.74. The van der Waals surface area contributed by atoms with Crippen LogP contribution in [0.2, 0.25) is 0 Å². The molecule has 0 aromatic heterocycles. The molecule has 0 aliphatic carbocycles. The Hall–Kier alpha value is -3.80. The molecule has 3 aromatic carbocycles. The maximum absolute atomic E-state index is 12.9. The fourth-order valence-corrected chi connectivity index (χ4v) is 2.68. The Balaban J connectivity index is 1.65. The van der Waals surface area contributed by atoms with Gasteiger partial charge < -0.3 is 5.32 Å². The molecule has 1 aliphatic heterocycles. The highest BCUT2D eigenvalue weighted by atomic mass is 16.2. The largest absolute Gasteiger partial charge is 0.340 e. The maximum atomic E-state index is 12.9. The number of nitrogens with one attached hydrogen (secondary N) is 1. The lowest BCUT2D eigenvalue weighted by atomic mass is 10.2. The molecule has 1 atom stereocenters. The quantitative estimate of drug-likeness (QED) is 0.694. The van der Waals surface area contributed by atoms with Crippen LogP contribution in [0.25, 0.3) is 0 Å². The smallest absolute Gasteiger partial charge is 0.282 e. The van der Waals surface area contributed by atoms with Gasteiger partial charge >= 0.3 is 0 Å². The van der Waals surface area contributed by atoms with Crippen LogP contribution in [0.5, 0.6) is 0 Å². The van der Waals surface area contributed by atoms with Gasteiger partial charge in [0.1, 0.15) is 0 Å². The molecule has 1 aliphatic rings. The summed E-state index contributed by atoms with van der Waals surface area (Å²) in [6.07, 6.45) is 0. The van der Waals surface area contributed by atoms with Crippen LogP contribution in [0.3, 0.4) is 0 Å². The molecule has 0 bridgehead atoms. The minimum Gasteiger partial charge on any atom is -0.340 e. The Morgan fingerprint density at radius 1 is 0.815 bits per heavy atom. The number of hydrogen-bond acceptors (Lipinski definition) is 5. The highest BCUT2D eigenvalue weighted by Gasteiger charge is 2.37. The van der Waals surface area contributed by atoms with Crippen molar-refractivity contribution in [3.63, 3.8) is 0 Å². The van der Waals surface area contributed by atoms with Crippen molar-refractivity contribution in [2.24, 2.45) is 15.3 Å². The summed E-state index contributed by atoms with van der Waals surface area (Å²) < 4.78 is 0. The predicted molar refractivity (Wildman–Crippen MR) is 106 cm³/mol. The Labute approximate surface area is 156 Å². The van der Waals surface area contributed by atoms with E-state index in [4.69, 9.17) is 0 Å². The number of carbonyl (C=O) groups excluding carboxylic acids is 1. The first-order valence-electron chi connectivity index (χ1n) is 8.57. The topological polar surface area (TPSA) is 69.4 Å². The number of azo groups is 1. The average Bonchev–Trinajstić information content (AvgIpc) is 3.04. The van der Waals surface area contributed by atoms with Crippen LogP contribution >= 0.6 is 0 Å². The van der Waals surface area contributed by atoms with Crippen LogP contribution in [0.4, 0.5) is 17.1 Å². The molecule has 1 unspecified atom stereocenters. The second-order valence-corrected chi connectivity index (χ2v) is 5.92. The number of benzene rings is 3. The van der Waals surface area contributed by atoms with Gasteiger partial charge in [-0.25, -0.2) is 0 Å². The van der Waals surface area contributed by atoms with E-state index in [1.807, 2.05) is 91.0 Å². The van der Waals surface area contributed by atoms with Crippen molar-refractivity contribution in [1.82, 2.24) is 0 Å². The van der Waals surface area contributed by atoms with Crippen molar-refractivity contribution in [1.29, 1.82) is 0 Å². The number of amidine groups is 1. The summed E-state index contributed by atoms with van der Waals surface area (Å²) in [6.45, 7) is 0. The molecular formula is C21H17N5O. The number of amides is 1. The molecule has 0 saturated heterocycles. The first-order valence-corrected chi connectivity index (χ1v) is 8.57. The van der Waals surface area contributed by atoms with E-state index in [-0.39, 0.29) is 5.91 Å². The van der Waals surface area contributed by atoms with Gasteiger partial charge in [-0.2, -0.15) is 15.2 Å². The lowest BCUT2D eigenvalue weighted by Crippen LogP contribution is -2.32. The van der Waals surface area contributed by atoms with Gasteiger partial charge in [0.15, 0.2) is 5.84 Å². The van der Waals surface area contributed by atoms with Crippen molar-refractivity contribution in [2.45, 2.75) is 6.04 Å². The lowest BCUT2D eigenvalue weighted by Gasteiger charge is -2.11. The molecular weight excluding hydrogens is 338 g/mol.